The second-order valence-electron chi connectivity index (χ2n) is 9.80. The van der Waals surface area contributed by atoms with Crippen LogP contribution in [-0.2, 0) is 6.42 Å². The molecule has 1 fully saturated rings. The van der Waals surface area contributed by atoms with Gasteiger partial charge in [0.15, 0.2) is 0 Å². The molecule has 0 radical (unpaired) electrons. The van der Waals surface area contributed by atoms with Gasteiger partial charge in [-0.3, -0.25) is 4.90 Å². The topological polar surface area (TPSA) is 89.6 Å². The van der Waals surface area contributed by atoms with Gasteiger partial charge in [-0.25, -0.2) is 4.98 Å². The molecule has 1 aliphatic carbocycles. The summed E-state index contributed by atoms with van der Waals surface area (Å²) in [4.78, 5) is 7.89. The molecule has 1 saturated heterocycles. The van der Waals surface area contributed by atoms with E-state index in [2.05, 4.69) is 41.1 Å². The van der Waals surface area contributed by atoms with E-state index in [4.69, 9.17) is 14.9 Å². The quantitative estimate of drug-likeness (QED) is 0.477. The van der Waals surface area contributed by atoms with E-state index in [0.717, 1.165) is 36.5 Å². The van der Waals surface area contributed by atoms with Crippen LogP contribution in [0, 0.1) is 11.3 Å². The number of rotatable bonds is 6. The average molecular weight is 506 g/mol. The normalized spacial score (nSPS) is 19.0. The number of hydrogen-bond donors (Lipinski definition) is 2. The van der Waals surface area contributed by atoms with Crippen molar-refractivity contribution in [2.75, 3.05) is 26.2 Å². The van der Waals surface area contributed by atoms with Crippen LogP contribution in [0.3, 0.4) is 0 Å². The maximum atomic E-state index is 9.47. The molecule has 0 saturated carbocycles. The summed E-state index contributed by atoms with van der Waals surface area (Å²) in [5.74, 6) is 1.27. The van der Waals surface area contributed by atoms with E-state index in [1.165, 1.54) is 28.0 Å². The van der Waals surface area contributed by atoms with E-state index in [1.54, 1.807) is 11.3 Å². The van der Waals surface area contributed by atoms with Crippen LogP contribution in [0.4, 0.5) is 0 Å². The van der Waals surface area contributed by atoms with Gasteiger partial charge in [-0.05, 0) is 73.9 Å². The first-order valence-corrected chi connectivity index (χ1v) is 13.5. The minimum Gasteiger partial charge on any atom is -0.490 e. The van der Waals surface area contributed by atoms with Gasteiger partial charge in [-0.15, -0.1) is 11.3 Å². The van der Waals surface area contributed by atoms with Gasteiger partial charge in [0.25, 0.3) is 0 Å². The van der Waals surface area contributed by atoms with Gasteiger partial charge in [-0.2, -0.15) is 5.26 Å². The molecular weight excluding hydrogens is 470 g/mol. The Hall–Kier alpha value is -2.76. The van der Waals surface area contributed by atoms with E-state index in [0.29, 0.717) is 23.8 Å². The minimum absolute atomic E-state index is 0.0389. The number of likely N-dealkylation sites (tertiary alicyclic amines) is 1. The number of thiazole rings is 1. The largest absolute Gasteiger partial charge is 0.490 e. The Kier molecular flexibility index (Phi) is 8.76. The van der Waals surface area contributed by atoms with Gasteiger partial charge in [0.2, 0.25) is 0 Å². The third-order valence-corrected chi connectivity index (χ3v) is 7.79. The molecule has 36 heavy (non-hydrogen) atoms. The molecule has 5 rings (SSSR count). The standard InChI is InChI=1S/C23H22N2OS.C6H13NO2/c1-14(2)26-21-10-8-16(11-17(21)12-24)23-25-13-22(27-23)20-6-4-5-18-15(3)7-9-19(18)20;8-4-3-7-2-1-6(9)5-7/h4-6,8,10-11,13-15H,7,9H2,1-3H3;6,8-9H,1-5H2. The van der Waals surface area contributed by atoms with E-state index >= 15 is 0 Å². The molecule has 3 aromatic rings. The number of β-amino-alcohol motifs (C(OH)–C–C–N with tert-alkyl or cyclic N) is 2. The fourth-order valence-electron chi connectivity index (χ4n) is 4.89. The number of fused-ring (bicyclic) bond motifs is 1. The van der Waals surface area contributed by atoms with Crippen molar-refractivity contribution < 1.29 is 14.9 Å². The molecule has 0 amide bonds. The summed E-state index contributed by atoms with van der Waals surface area (Å²) in [6.07, 6.45) is 5.07. The smallest absolute Gasteiger partial charge is 0.137 e. The Balaban J connectivity index is 0.000000286. The van der Waals surface area contributed by atoms with Crippen LogP contribution in [0.5, 0.6) is 5.75 Å². The van der Waals surface area contributed by atoms with Crippen molar-refractivity contribution in [1.82, 2.24) is 9.88 Å². The second-order valence-corrected chi connectivity index (χ2v) is 10.8. The minimum atomic E-state index is -0.156. The first-order valence-electron chi connectivity index (χ1n) is 12.7. The van der Waals surface area contributed by atoms with Crippen molar-refractivity contribution in [2.24, 2.45) is 0 Å². The summed E-state index contributed by atoms with van der Waals surface area (Å²) in [6, 6.07) is 14.6. The highest BCUT2D eigenvalue weighted by molar-refractivity contribution is 7.18. The van der Waals surface area contributed by atoms with Crippen molar-refractivity contribution in [3.8, 4) is 32.8 Å². The van der Waals surface area contributed by atoms with E-state index < -0.39 is 0 Å². The van der Waals surface area contributed by atoms with Crippen LogP contribution in [0.25, 0.3) is 21.0 Å². The predicted molar refractivity (Wildman–Crippen MR) is 144 cm³/mol. The zero-order chi connectivity index (χ0) is 25.7. The van der Waals surface area contributed by atoms with Crippen LogP contribution in [0.2, 0.25) is 0 Å². The number of aromatic nitrogens is 1. The molecular formula is C29H35N3O3S. The van der Waals surface area contributed by atoms with Crippen molar-refractivity contribution in [2.45, 2.75) is 58.2 Å². The predicted octanol–water partition coefficient (Wildman–Crippen LogP) is 5.23. The van der Waals surface area contributed by atoms with Crippen LogP contribution >= 0.6 is 11.3 Å². The Bertz CT molecular complexity index is 1210. The molecule has 2 aliphatic rings. The summed E-state index contributed by atoms with van der Waals surface area (Å²) in [5.41, 5.74) is 5.76. The number of nitrogens with zero attached hydrogens (tertiary/aromatic N) is 3. The number of nitriles is 1. The Labute approximate surface area is 217 Å². The summed E-state index contributed by atoms with van der Waals surface area (Å²) < 4.78 is 5.72. The van der Waals surface area contributed by atoms with Gasteiger partial charge in [0.1, 0.15) is 16.8 Å². The molecule has 1 aliphatic heterocycles. The van der Waals surface area contributed by atoms with Gasteiger partial charge in [0, 0.05) is 31.4 Å². The number of hydrogen-bond acceptors (Lipinski definition) is 7. The fraction of sp³-hybridized carbons (Fsp3) is 0.448. The van der Waals surface area contributed by atoms with Crippen molar-refractivity contribution in [3.63, 3.8) is 0 Å². The number of aliphatic hydroxyl groups is 2. The lowest BCUT2D eigenvalue weighted by Gasteiger charge is -2.11. The van der Waals surface area contributed by atoms with Crippen molar-refractivity contribution >= 4 is 11.3 Å². The molecule has 190 valence electrons. The van der Waals surface area contributed by atoms with Crippen LogP contribution in [0.15, 0.2) is 42.6 Å². The SMILES string of the molecule is CC(C)Oc1ccc(-c2ncc(-c3cccc4c3CCC4C)s2)cc1C#N.OCCN1CCC(O)C1. The molecule has 2 atom stereocenters. The maximum Gasteiger partial charge on any atom is 0.137 e. The van der Waals surface area contributed by atoms with E-state index in [9.17, 15) is 5.26 Å². The van der Waals surface area contributed by atoms with Crippen molar-refractivity contribution in [1.29, 1.82) is 5.26 Å². The van der Waals surface area contributed by atoms with Gasteiger partial charge < -0.3 is 14.9 Å². The van der Waals surface area contributed by atoms with E-state index in [1.807, 2.05) is 38.2 Å². The lowest BCUT2D eigenvalue weighted by atomic mass is 9.99. The van der Waals surface area contributed by atoms with Gasteiger partial charge >= 0.3 is 0 Å². The molecule has 2 aromatic carbocycles. The molecule has 0 spiro atoms. The summed E-state index contributed by atoms with van der Waals surface area (Å²) in [6.45, 7) is 8.80. The Morgan fingerprint density at radius 1 is 1.25 bits per heavy atom. The molecule has 0 bridgehead atoms. The highest BCUT2D eigenvalue weighted by Gasteiger charge is 2.22. The fourth-order valence-corrected chi connectivity index (χ4v) is 5.85. The van der Waals surface area contributed by atoms with Gasteiger partial charge in [0.05, 0.1) is 29.3 Å². The summed E-state index contributed by atoms with van der Waals surface area (Å²) in [7, 11) is 0. The molecule has 2 N–H and O–H groups in total. The zero-order valence-corrected chi connectivity index (χ0v) is 22.1. The van der Waals surface area contributed by atoms with Crippen LogP contribution < -0.4 is 4.74 Å². The Morgan fingerprint density at radius 2 is 2.08 bits per heavy atom. The molecule has 1 aromatic heterocycles. The average Bonchev–Trinajstić information content (AvgIpc) is 3.60. The number of ether oxygens (including phenoxy) is 1. The first kappa shape index (κ1) is 26.3. The highest BCUT2D eigenvalue weighted by atomic mass is 32.1. The third-order valence-electron chi connectivity index (χ3n) is 6.72. The molecule has 6 nitrogen and oxygen atoms in total. The summed E-state index contributed by atoms with van der Waals surface area (Å²) in [5, 5.41) is 27.9. The lowest BCUT2D eigenvalue weighted by molar-refractivity contribution is 0.164. The van der Waals surface area contributed by atoms with Gasteiger partial charge in [-0.1, -0.05) is 25.1 Å². The molecule has 2 unspecified atom stereocenters. The first-order chi connectivity index (χ1) is 17.4. The number of aliphatic hydroxyl groups excluding tert-OH is 2. The zero-order valence-electron chi connectivity index (χ0n) is 21.3. The third kappa shape index (κ3) is 6.13. The summed E-state index contributed by atoms with van der Waals surface area (Å²) >= 11 is 1.68. The second kappa shape index (κ2) is 12.0. The van der Waals surface area contributed by atoms with E-state index in [-0.39, 0.29) is 18.8 Å². The van der Waals surface area contributed by atoms with Crippen LogP contribution in [0.1, 0.15) is 56.2 Å². The highest BCUT2D eigenvalue weighted by Crippen LogP contribution is 2.41. The lowest BCUT2D eigenvalue weighted by Crippen LogP contribution is -2.25. The maximum absolute atomic E-state index is 9.47. The molecule has 2 heterocycles. The monoisotopic (exact) mass is 505 g/mol. The van der Waals surface area contributed by atoms with Crippen LogP contribution in [-0.4, -0.2) is 58.5 Å². The number of benzene rings is 2. The van der Waals surface area contributed by atoms with Crippen molar-refractivity contribution in [3.05, 3.63) is 59.3 Å². The molecule has 7 heteroatoms. The Morgan fingerprint density at radius 3 is 2.78 bits per heavy atom.